The lowest BCUT2D eigenvalue weighted by Crippen LogP contribution is -2.17. The maximum atomic E-state index is 11.2. The summed E-state index contributed by atoms with van der Waals surface area (Å²) in [5.41, 5.74) is 0. The van der Waals surface area contributed by atoms with E-state index in [1.54, 1.807) is 14.0 Å². The summed E-state index contributed by atoms with van der Waals surface area (Å²) >= 11 is 0. The van der Waals surface area contributed by atoms with Crippen LogP contribution in [0.1, 0.15) is 19.8 Å². The van der Waals surface area contributed by atoms with Crippen LogP contribution < -0.4 is 0 Å². The van der Waals surface area contributed by atoms with Crippen LogP contribution in [0, 0.1) is 0 Å². The van der Waals surface area contributed by atoms with Gasteiger partial charge in [-0.2, -0.15) is 0 Å². The van der Waals surface area contributed by atoms with Crippen LogP contribution in [0.4, 0.5) is 0 Å². The van der Waals surface area contributed by atoms with Crippen molar-refractivity contribution in [1.29, 1.82) is 0 Å². The maximum absolute atomic E-state index is 11.2. The lowest BCUT2D eigenvalue weighted by Gasteiger charge is -2.05. The Morgan fingerprint density at radius 1 is 1.00 bits per heavy atom. The Kier molecular flexibility index (Phi) is 11.8. The standard InChI is InChI=1S/C12H22O6/c1-3-18-12(14)9-11(13)10-17-8-7-16-6-4-5-15-2/h3-10H2,1-2H3. The Labute approximate surface area is 108 Å². The second kappa shape index (κ2) is 12.5. The molecule has 0 heterocycles. The van der Waals surface area contributed by atoms with Crippen LogP contribution in [-0.4, -0.2) is 58.5 Å². The van der Waals surface area contributed by atoms with Gasteiger partial charge in [0.15, 0.2) is 5.78 Å². The van der Waals surface area contributed by atoms with E-state index >= 15 is 0 Å². The predicted octanol–water partition coefficient (Wildman–Crippen LogP) is 0.578. The molecule has 18 heavy (non-hydrogen) atoms. The first kappa shape index (κ1) is 17.0. The third-order valence-corrected chi connectivity index (χ3v) is 1.92. The fraction of sp³-hybridized carbons (Fsp3) is 0.833. The molecule has 0 radical (unpaired) electrons. The van der Waals surface area contributed by atoms with E-state index in [1.807, 2.05) is 0 Å². The number of carbonyl (C=O) groups excluding carboxylic acids is 2. The zero-order valence-electron chi connectivity index (χ0n) is 11.1. The fourth-order valence-electron chi connectivity index (χ4n) is 1.14. The summed E-state index contributed by atoms with van der Waals surface area (Å²) in [6, 6.07) is 0. The van der Waals surface area contributed by atoms with Gasteiger partial charge >= 0.3 is 5.97 Å². The number of esters is 1. The van der Waals surface area contributed by atoms with Crippen molar-refractivity contribution in [2.45, 2.75) is 19.8 Å². The van der Waals surface area contributed by atoms with Crippen molar-refractivity contribution in [3.63, 3.8) is 0 Å². The monoisotopic (exact) mass is 262 g/mol. The number of hydrogen-bond acceptors (Lipinski definition) is 6. The first-order valence-corrected chi connectivity index (χ1v) is 6.02. The van der Waals surface area contributed by atoms with Gasteiger partial charge in [0.2, 0.25) is 0 Å². The van der Waals surface area contributed by atoms with E-state index in [2.05, 4.69) is 4.74 Å². The molecule has 106 valence electrons. The molecule has 0 spiro atoms. The van der Waals surface area contributed by atoms with Crippen LogP contribution in [0.3, 0.4) is 0 Å². The highest BCUT2D eigenvalue weighted by Crippen LogP contribution is 1.91. The Bertz CT molecular complexity index is 229. The van der Waals surface area contributed by atoms with Crippen LogP contribution in [0.2, 0.25) is 0 Å². The molecule has 0 unspecified atom stereocenters. The van der Waals surface area contributed by atoms with Crippen molar-refractivity contribution in [3.8, 4) is 0 Å². The summed E-state index contributed by atoms with van der Waals surface area (Å²) in [4.78, 5) is 22.2. The third-order valence-electron chi connectivity index (χ3n) is 1.92. The lowest BCUT2D eigenvalue weighted by molar-refractivity contribution is -0.146. The highest BCUT2D eigenvalue weighted by atomic mass is 16.5. The molecule has 0 amide bonds. The number of ether oxygens (including phenoxy) is 4. The minimum atomic E-state index is -0.512. The van der Waals surface area contributed by atoms with Crippen molar-refractivity contribution in [1.82, 2.24) is 0 Å². The van der Waals surface area contributed by atoms with Gasteiger partial charge in [-0.15, -0.1) is 0 Å². The zero-order chi connectivity index (χ0) is 13.6. The van der Waals surface area contributed by atoms with Crippen LogP contribution in [-0.2, 0) is 28.5 Å². The molecule has 0 aromatic heterocycles. The van der Waals surface area contributed by atoms with E-state index in [9.17, 15) is 9.59 Å². The van der Waals surface area contributed by atoms with E-state index in [1.165, 1.54) is 0 Å². The average Bonchev–Trinajstić information content (AvgIpc) is 2.32. The number of hydrogen-bond donors (Lipinski definition) is 0. The van der Waals surface area contributed by atoms with E-state index in [0.717, 1.165) is 6.42 Å². The Morgan fingerprint density at radius 2 is 1.72 bits per heavy atom. The molecular formula is C12H22O6. The lowest BCUT2D eigenvalue weighted by atomic mass is 10.3. The predicted molar refractivity (Wildman–Crippen MR) is 64.4 cm³/mol. The van der Waals surface area contributed by atoms with Crippen LogP contribution in [0.15, 0.2) is 0 Å². The molecule has 0 saturated heterocycles. The third kappa shape index (κ3) is 11.5. The minimum Gasteiger partial charge on any atom is -0.466 e. The molecule has 0 aliphatic heterocycles. The number of rotatable bonds is 12. The van der Waals surface area contributed by atoms with E-state index in [-0.39, 0.29) is 25.4 Å². The molecule has 0 aliphatic rings. The normalized spacial score (nSPS) is 10.3. The van der Waals surface area contributed by atoms with Crippen molar-refractivity contribution in [2.75, 3.05) is 46.8 Å². The summed E-state index contributed by atoms with van der Waals surface area (Å²) in [6.45, 7) is 3.92. The van der Waals surface area contributed by atoms with Gasteiger partial charge in [0.1, 0.15) is 13.0 Å². The molecule has 0 rings (SSSR count). The van der Waals surface area contributed by atoms with Gasteiger partial charge in [-0.1, -0.05) is 0 Å². The van der Waals surface area contributed by atoms with Crippen molar-refractivity contribution in [3.05, 3.63) is 0 Å². The van der Waals surface area contributed by atoms with Gasteiger partial charge in [0.25, 0.3) is 0 Å². The summed E-state index contributed by atoms with van der Waals surface area (Å²) in [7, 11) is 1.64. The molecule has 0 atom stereocenters. The van der Waals surface area contributed by atoms with E-state index in [0.29, 0.717) is 26.4 Å². The van der Waals surface area contributed by atoms with E-state index < -0.39 is 5.97 Å². The second-order valence-electron chi connectivity index (χ2n) is 3.53. The van der Waals surface area contributed by atoms with Gasteiger partial charge in [0, 0.05) is 20.3 Å². The maximum Gasteiger partial charge on any atom is 0.313 e. The molecule has 0 saturated carbocycles. The van der Waals surface area contributed by atoms with Crippen molar-refractivity contribution >= 4 is 11.8 Å². The molecule has 0 aromatic carbocycles. The number of ketones is 1. The molecule has 0 aliphatic carbocycles. The quantitative estimate of drug-likeness (QED) is 0.291. The van der Waals surface area contributed by atoms with Gasteiger partial charge in [-0.05, 0) is 13.3 Å². The van der Waals surface area contributed by atoms with E-state index in [4.69, 9.17) is 14.2 Å². The topological polar surface area (TPSA) is 71.1 Å². The molecular weight excluding hydrogens is 240 g/mol. The van der Waals surface area contributed by atoms with Crippen LogP contribution in [0.5, 0.6) is 0 Å². The molecule has 0 N–H and O–H groups in total. The number of carbonyl (C=O) groups is 2. The highest BCUT2D eigenvalue weighted by molar-refractivity contribution is 5.96. The number of methoxy groups -OCH3 is 1. The molecule has 0 bridgehead atoms. The Balaban J connectivity index is 3.27. The second-order valence-corrected chi connectivity index (χ2v) is 3.53. The first-order chi connectivity index (χ1) is 8.70. The molecule has 0 fully saturated rings. The summed E-state index contributed by atoms with van der Waals surface area (Å²) in [5, 5.41) is 0. The first-order valence-electron chi connectivity index (χ1n) is 6.02. The van der Waals surface area contributed by atoms with Gasteiger partial charge in [-0.3, -0.25) is 9.59 Å². The average molecular weight is 262 g/mol. The molecule has 6 heteroatoms. The molecule has 0 aromatic rings. The summed E-state index contributed by atoms with van der Waals surface area (Å²) < 4.78 is 19.8. The fourth-order valence-corrected chi connectivity index (χ4v) is 1.14. The van der Waals surface area contributed by atoms with Crippen molar-refractivity contribution in [2.24, 2.45) is 0 Å². The van der Waals surface area contributed by atoms with Gasteiger partial charge in [0.05, 0.1) is 19.8 Å². The Hall–Kier alpha value is -0.980. The minimum absolute atomic E-state index is 0.0831. The van der Waals surface area contributed by atoms with Crippen molar-refractivity contribution < 1.29 is 28.5 Å². The highest BCUT2D eigenvalue weighted by Gasteiger charge is 2.09. The smallest absolute Gasteiger partial charge is 0.313 e. The summed E-state index contributed by atoms with van der Waals surface area (Å²) in [5.74, 6) is -0.797. The summed E-state index contributed by atoms with van der Waals surface area (Å²) in [6.07, 6.45) is 0.598. The SMILES string of the molecule is CCOC(=O)CC(=O)COCCOCCCOC. The zero-order valence-corrected chi connectivity index (χ0v) is 11.1. The molecule has 6 nitrogen and oxygen atoms in total. The van der Waals surface area contributed by atoms with Crippen LogP contribution in [0.25, 0.3) is 0 Å². The number of Topliss-reactive ketones (excluding diaryl/α,β-unsaturated/α-hetero) is 1. The largest absolute Gasteiger partial charge is 0.466 e. The van der Waals surface area contributed by atoms with Gasteiger partial charge in [-0.25, -0.2) is 0 Å². The van der Waals surface area contributed by atoms with Crippen LogP contribution >= 0.6 is 0 Å². The van der Waals surface area contributed by atoms with Gasteiger partial charge < -0.3 is 18.9 Å². The Morgan fingerprint density at radius 3 is 2.39 bits per heavy atom.